The fourth-order valence-electron chi connectivity index (χ4n) is 1.53. The van der Waals surface area contributed by atoms with E-state index in [0.717, 1.165) is 0 Å². The minimum atomic E-state index is -0.902. The predicted octanol–water partition coefficient (Wildman–Crippen LogP) is 2.39. The number of benzene rings is 1. The summed E-state index contributed by atoms with van der Waals surface area (Å²) in [5.41, 5.74) is 0.671. The first kappa shape index (κ1) is 16.2. The first-order valence-corrected chi connectivity index (χ1v) is 6.43. The molecule has 7 heteroatoms. The third-order valence-corrected chi connectivity index (χ3v) is 2.86. The number of carbonyl (C=O) groups excluding carboxylic acids is 1. The van der Waals surface area contributed by atoms with E-state index in [-0.39, 0.29) is 30.5 Å². The minimum absolute atomic E-state index is 0.000196. The molecule has 0 heterocycles. The maximum atomic E-state index is 12.9. The van der Waals surface area contributed by atoms with Gasteiger partial charge in [-0.05, 0) is 23.6 Å². The Balaban J connectivity index is 2.32. The molecule has 0 radical (unpaired) electrons. The molecule has 0 bridgehead atoms. The number of aliphatic carboxylic acids is 1. The smallest absolute Gasteiger partial charge is 0.315 e. The second-order valence-electron chi connectivity index (χ2n) is 4.52. The normalized spacial score (nSPS) is 11.8. The average molecular weight is 303 g/mol. The molecule has 0 aliphatic rings. The fourth-order valence-corrected chi connectivity index (χ4v) is 1.73. The van der Waals surface area contributed by atoms with E-state index in [1.54, 1.807) is 6.92 Å². The summed E-state index contributed by atoms with van der Waals surface area (Å²) in [6, 6.07) is 3.77. The number of carboxylic acid groups (broad SMARTS) is 1. The lowest BCUT2D eigenvalue weighted by molar-refractivity contribution is -0.137. The average Bonchev–Trinajstić information content (AvgIpc) is 2.37. The molecule has 5 nitrogen and oxygen atoms in total. The van der Waals surface area contributed by atoms with Crippen molar-refractivity contribution in [3.05, 3.63) is 34.6 Å². The van der Waals surface area contributed by atoms with Crippen molar-refractivity contribution < 1.29 is 19.1 Å². The zero-order chi connectivity index (χ0) is 15.1. The number of urea groups is 1. The summed E-state index contributed by atoms with van der Waals surface area (Å²) >= 11 is 5.62. The van der Waals surface area contributed by atoms with Gasteiger partial charge in [-0.15, -0.1) is 0 Å². The number of hydrogen-bond acceptors (Lipinski definition) is 2. The summed E-state index contributed by atoms with van der Waals surface area (Å²) in [5.74, 6) is -1.57. The van der Waals surface area contributed by atoms with Gasteiger partial charge in [0.05, 0.1) is 5.02 Å². The van der Waals surface area contributed by atoms with E-state index >= 15 is 0 Å². The maximum absolute atomic E-state index is 12.9. The Kier molecular flexibility index (Phi) is 6.24. The summed E-state index contributed by atoms with van der Waals surface area (Å²) in [5, 5.41) is 13.7. The molecule has 0 spiro atoms. The summed E-state index contributed by atoms with van der Waals surface area (Å²) in [7, 11) is 0. The SMILES string of the molecule is CC(CNC(=O)NCc1ccc(F)c(Cl)c1)CC(=O)O. The van der Waals surface area contributed by atoms with Crippen molar-refractivity contribution in [2.75, 3.05) is 6.54 Å². The molecule has 1 atom stereocenters. The molecule has 20 heavy (non-hydrogen) atoms. The summed E-state index contributed by atoms with van der Waals surface area (Å²) in [6.45, 7) is 2.20. The lowest BCUT2D eigenvalue weighted by Gasteiger charge is -2.11. The molecule has 3 N–H and O–H groups in total. The number of rotatable bonds is 6. The van der Waals surface area contributed by atoms with Crippen LogP contribution in [0.25, 0.3) is 0 Å². The van der Waals surface area contributed by atoms with Crippen molar-refractivity contribution in [2.45, 2.75) is 19.9 Å². The quantitative estimate of drug-likeness (QED) is 0.755. The number of carboxylic acids is 1. The molecule has 0 saturated heterocycles. The van der Waals surface area contributed by atoms with Crippen LogP contribution in [0.3, 0.4) is 0 Å². The van der Waals surface area contributed by atoms with Crippen LogP contribution in [0.15, 0.2) is 18.2 Å². The fraction of sp³-hybridized carbons (Fsp3) is 0.385. The van der Waals surface area contributed by atoms with Crippen molar-refractivity contribution in [3.63, 3.8) is 0 Å². The number of nitrogens with one attached hydrogen (secondary N) is 2. The van der Waals surface area contributed by atoms with E-state index in [4.69, 9.17) is 16.7 Å². The highest BCUT2D eigenvalue weighted by Crippen LogP contribution is 2.15. The topological polar surface area (TPSA) is 78.4 Å². The van der Waals surface area contributed by atoms with Gasteiger partial charge in [-0.3, -0.25) is 4.79 Å². The second kappa shape index (κ2) is 7.69. The van der Waals surface area contributed by atoms with Crippen LogP contribution in [0, 0.1) is 11.7 Å². The van der Waals surface area contributed by atoms with Gasteiger partial charge in [0.25, 0.3) is 0 Å². The Morgan fingerprint density at radius 1 is 1.40 bits per heavy atom. The molecule has 0 aliphatic carbocycles. The molecule has 0 saturated carbocycles. The minimum Gasteiger partial charge on any atom is -0.481 e. The van der Waals surface area contributed by atoms with E-state index in [1.165, 1.54) is 18.2 Å². The predicted molar refractivity (Wildman–Crippen MR) is 73.1 cm³/mol. The van der Waals surface area contributed by atoms with Crippen LogP contribution in [0.2, 0.25) is 5.02 Å². The Labute approximate surface area is 121 Å². The lowest BCUT2D eigenvalue weighted by atomic mass is 10.1. The van der Waals surface area contributed by atoms with Gasteiger partial charge in [-0.2, -0.15) is 0 Å². The molecule has 1 rings (SSSR count). The van der Waals surface area contributed by atoms with E-state index in [9.17, 15) is 14.0 Å². The van der Waals surface area contributed by atoms with Gasteiger partial charge in [0.1, 0.15) is 5.82 Å². The van der Waals surface area contributed by atoms with Crippen molar-refractivity contribution >= 4 is 23.6 Å². The summed E-state index contributed by atoms with van der Waals surface area (Å²) in [6.07, 6.45) is -0.00610. The Bertz CT molecular complexity index is 497. The van der Waals surface area contributed by atoms with Crippen LogP contribution in [-0.2, 0) is 11.3 Å². The van der Waals surface area contributed by atoms with Crippen molar-refractivity contribution in [2.24, 2.45) is 5.92 Å². The standard InChI is InChI=1S/C13H16ClFN2O3/c1-8(4-12(18)19)6-16-13(20)17-7-9-2-3-11(15)10(14)5-9/h2-3,5,8H,4,6-7H2,1H3,(H,18,19)(H2,16,17,20). The number of hydrogen-bond donors (Lipinski definition) is 3. The molecule has 110 valence electrons. The van der Waals surface area contributed by atoms with Gasteiger partial charge in [-0.1, -0.05) is 24.6 Å². The molecule has 0 aliphatic heterocycles. The first-order valence-electron chi connectivity index (χ1n) is 6.06. The highest BCUT2D eigenvalue weighted by atomic mass is 35.5. The molecule has 0 aromatic heterocycles. The summed E-state index contributed by atoms with van der Waals surface area (Å²) < 4.78 is 12.9. The molecular weight excluding hydrogens is 287 g/mol. The third-order valence-electron chi connectivity index (χ3n) is 2.57. The zero-order valence-electron chi connectivity index (χ0n) is 11.0. The lowest BCUT2D eigenvalue weighted by Crippen LogP contribution is -2.37. The number of carbonyl (C=O) groups is 2. The maximum Gasteiger partial charge on any atom is 0.315 e. The monoisotopic (exact) mass is 302 g/mol. The molecular formula is C13H16ClFN2O3. The molecule has 1 aromatic rings. The van der Waals surface area contributed by atoms with Crippen molar-refractivity contribution in [1.82, 2.24) is 10.6 Å². The number of halogens is 2. The van der Waals surface area contributed by atoms with E-state index < -0.39 is 17.8 Å². The van der Waals surface area contributed by atoms with E-state index in [1.807, 2.05) is 0 Å². The van der Waals surface area contributed by atoms with Gasteiger partial charge in [0.15, 0.2) is 0 Å². The van der Waals surface area contributed by atoms with Crippen molar-refractivity contribution in [3.8, 4) is 0 Å². The highest BCUT2D eigenvalue weighted by Gasteiger charge is 2.09. The van der Waals surface area contributed by atoms with Crippen LogP contribution < -0.4 is 10.6 Å². The van der Waals surface area contributed by atoms with Gasteiger partial charge >= 0.3 is 12.0 Å². The Morgan fingerprint density at radius 2 is 2.10 bits per heavy atom. The van der Waals surface area contributed by atoms with E-state index in [2.05, 4.69) is 10.6 Å². The molecule has 1 unspecified atom stereocenters. The van der Waals surface area contributed by atoms with E-state index in [0.29, 0.717) is 5.56 Å². The van der Waals surface area contributed by atoms with Crippen molar-refractivity contribution in [1.29, 1.82) is 0 Å². The van der Waals surface area contributed by atoms with Crippen LogP contribution in [0.1, 0.15) is 18.9 Å². The van der Waals surface area contributed by atoms with Crippen LogP contribution in [0.5, 0.6) is 0 Å². The van der Waals surface area contributed by atoms with Gasteiger partial charge in [-0.25, -0.2) is 9.18 Å². The second-order valence-corrected chi connectivity index (χ2v) is 4.92. The third kappa shape index (κ3) is 5.88. The van der Waals surface area contributed by atoms with Crippen LogP contribution >= 0.6 is 11.6 Å². The Morgan fingerprint density at radius 3 is 2.70 bits per heavy atom. The van der Waals surface area contributed by atoms with Gasteiger partial charge in [0.2, 0.25) is 0 Å². The molecule has 2 amide bonds. The van der Waals surface area contributed by atoms with Gasteiger partial charge in [0, 0.05) is 19.5 Å². The van der Waals surface area contributed by atoms with Gasteiger partial charge < -0.3 is 15.7 Å². The molecule has 1 aromatic carbocycles. The summed E-state index contributed by atoms with van der Waals surface area (Å²) in [4.78, 5) is 21.9. The van der Waals surface area contributed by atoms with Crippen LogP contribution in [-0.4, -0.2) is 23.7 Å². The largest absolute Gasteiger partial charge is 0.481 e. The first-order chi connectivity index (χ1) is 9.38. The van der Waals surface area contributed by atoms with Crippen LogP contribution in [0.4, 0.5) is 9.18 Å². The zero-order valence-corrected chi connectivity index (χ0v) is 11.7. The molecule has 0 fully saturated rings. The number of amides is 2. The highest BCUT2D eigenvalue weighted by molar-refractivity contribution is 6.30. The Hall–Kier alpha value is -1.82.